The largest absolute Gasteiger partial charge is 0.120 e. The molecule has 0 bridgehead atoms. The molecule has 0 N–H and O–H groups in total. The zero-order valence-corrected chi connectivity index (χ0v) is 8.97. The van der Waals surface area contributed by atoms with Crippen LogP contribution in [0.4, 0.5) is 0 Å². The van der Waals surface area contributed by atoms with Gasteiger partial charge in [-0.3, -0.25) is 0 Å². The van der Waals surface area contributed by atoms with Gasteiger partial charge in [-0.2, -0.15) is 0 Å². The van der Waals surface area contributed by atoms with Crippen LogP contribution in [0, 0.1) is 36.5 Å². The fraction of sp³-hybridized carbons (Fsp3) is 0.714. The van der Waals surface area contributed by atoms with Crippen LogP contribution in [-0.4, -0.2) is 0 Å². The molecule has 1 aliphatic rings. The van der Waals surface area contributed by atoms with Gasteiger partial charge >= 0.3 is 0 Å². The molecule has 14 heavy (non-hydrogen) atoms. The van der Waals surface area contributed by atoms with Crippen LogP contribution in [0.1, 0.15) is 51.4 Å². The maximum Gasteiger partial charge on any atom is 0.00886 e. The Bertz CT molecular complexity index is 201. The Morgan fingerprint density at radius 2 is 1.43 bits per heavy atom. The van der Waals surface area contributed by atoms with Gasteiger partial charge in [-0.05, 0) is 31.1 Å². The Morgan fingerprint density at radius 3 is 1.86 bits per heavy atom. The summed E-state index contributed by atoms with van der Waals surface area (Å²) < 4.78 is 0. The lowest BCUT2D eigenvalue weighted by Crippen LogP contribution is -2.15. The molecular weight excluding hydrogens is 168 g/mol. The summed E-state index contributed by atoms with van der Waals surface area (Å²) >= 11 is 0. The zero-order chi connectivity index (χ0) is 10.2. The number of hydrogen-bond donors (Lipinski definition) is 0. The maximum atomic E-state index is 5.28. The first-order valence-electron chi connectivity index (χ1n) is 5.73. The topological polar surface area (TPSA) is 0 Å². The van der Waals surface area contributed by atoms with Gasteiger partial charge in [-0.25, -0.2) is 0 Å². The molecule has 76 valence electrons. The molecule has 1 rings (SSSR count). The first kappa shape index (κ1) is 11.2. The molecule has 0 saturated heterocycles. The Labute approximate surface area is 88.5 Å². The van der Waals surface area contributed by atoms with Crippen molar-refractivity contribution in [2.75, 3.05) is 0 Å². The van der Waals surface area contributed by atoms with Gasteiger partial charge in [0.1, 0.15) is 0 Å². The molecule has 0 heterocycles. The normalized spacial score (nSPS) is 26.4. The van der Waals surface area contributed by atoms with Gasteiger partial charge in [-0.15, -0.1) is 24.7 Å². The summed E-state index contributed by atoms with van der Waals surface area (Å²) in [6.45, 7) is 0. The van der Waals surface area contributed by atoms with Crippen LogP contribution in [0.3, 0.4) is 0 Å². The van der Waals surface area contributed by atoms with E-state index in [4.69, 9.17) is 12.8 Å². The van der Waals surface area contributed by atoms with E-state index < -0.39 is 0 Å². The van der Waals surface area contributed by atoms with E-state index in [2.05, 4.69) is 11.8 Å². The number of rotatable bonds is 4. The lowest BCUT2D eigenvalue weighted by molar-refractivity contribution is 0.247. The summed E-state index contributed by atoms with van der Waals surface area (Å²) in [5.74, 6) is 7.24. The van der Waals surface area contributed by atoms with Crippen LogP contribution in [0.5, 0.6) is 0 Å². The third-order valence-corrected chi connectivity index (χ3v) is 3.29. The molecule has 0 aliphatic heterocycles. The average molecular weight is 188 g/mol. The third kappa shape index (κ3) is 3.89. The maximum absolute atomic E-state index is 5.28. The van der Waals surface area contributed by atoms with Crippen LogP contribution in [0.15, 0.2) is 0 Å². The van der Waals surface area contributed by atoms with E-state index in [1.807, 2.05) is 0 Å². The van der Waals surface area contributed by atoms with E-state index in [0.29, 0.717) is 0 Å². The van der Waals surface area contributed by atoms with Crippen molar-refractivity contribution < 1.29 is 0 Å². The van der Waals surface area contributed by atoms with Crippen molar-refractivity contribution in [1.29, 1.82) is 0 Å². The van der Waals surface area contributed by atoms with Crippen molar-refractivity contribution in [1.82, 2.24) is 0 Å². The van der Waals surface area contributed by atoms with E-state index in [1.54, 1.807) is 0 Å². The Morgan fingerprint density at radius 1 is 0.929 bits per heavy atom. The third-order valence-electron chi connectivity index (χ3n) is 3.29. The summed E-state index contributed by atoms with van der Waals surface area (Å²) in [7, 11) is 0. The van der Waals surface area contributed by atoms with Gasteiger partial charge < -0.3 is 0 Å². The minimum atomic E-state index is 0.877. The van der Waals surface area contributed by atoms with Crippen LogP contribution in [0.25, 0.3) is 0 Å². The molecule has 0 radical (unpaired) electrons. The summed E-state index contributed by atoms with van der Waals surface area (Å²) in [6, 6.07) is 0. The lowest BCUT2D eigenvalue weighted by atomic mass is 9.77. The monoisotopic (exact) mass is 188 g/mol. The Balaban J connectivity index is 2.22. The highest BCUT2D eigenvalue weighted by Crippen LogP contribution is 2.33. The molecule has 0 heteroatoms. The second-order valence-corrected chi connectivity index (χ2v) is 4.38. The Hall–Kier alpha value is -0.880. The van der Waals surface area contributed by atoms with Crippen LogP contribution >= 0.6 is 0 Å². The van der Waals surface area contributed by atoms with Gasteiger partial charge in [0.05, 0.1) is 0 Å². The van der Waals surface area contributed by atoms with Crippen LogP contribution in [0.2, 0.25) is 0 Å². The minimum Gasteiger partial charge on any atom is -0.120 e. The summed E-state index contributed by atoms with van der Waals surface area (Å²) in [5, 5.41) is 0. The fourth-order valence-electron chi connectivity index (χ4n) is 2.50. The molecule has 0 nitrogen and oxygen atoms in total. The second-order valence-electron chi connectivity index (χ2n) is 4.38. The molecule has 1 saturated carbocycles. The van der Waals surface area contributed by atoms with Gasteiger partial charge in [0.2, 0.25) is 0 Å². The zero-order valence-electron chi connectivity index (χ0n) is 8.97. The Kier molecular flexibility index (Phi) is 5.24. The molecular formula is C14H20. The molecule has 0 aromatic carbocycles. The van der Waals surface area contributed by atoms with Crippen LogP contribution < -0.4 is 0 Å². The van der Waals surface area contributed by atoms with Crippen molar-refractivity contribution in [3.8, 4) is 24.7 Å². The standard InChI is InChI=1S/C14H20/c1-3-5-8-13-10-7-11-14(12-13)9-6-4-2/h1-2,13-14H,5-12H2. The molecule has 2 unspecified atom stereocenters. The second kappa shape index (κ2) is 6.56. The highest BCUT2D eigenvalue weighted by molar-refractivity contribution is 4.87. The first-order valence-corrected chi connectivity index (χ1v) is 5.73. The van der Waals surface area contributed by atoms with Crippen molar-refractivity contribution in [2.45, 2.75) is 51.4 Å². The van der Waals surface area contributed by atoms with Gasteiger partial charge in [0, 0.05) is 12.8 Å². The highest BCUT2D eigenvalue weighted by atomic mass is 14.3. The van der Waals surface area contributed by atoms with Crippen LogP contribution in [-0.2, 0) is 0 Å². The molecule has 2 atom stereocenters. The first-order chi connectivity index (χ1) is 6.86. The molecule has 0 aromatic heterocycles. The number of hydrogen-bond acceptors (Lipinski definition) is 0. The fourth-order valence-corrected chi connectivity index (χ4v) is 2.50. The quantitative estimate of drug-likeness (QED) is 0.591. The molecule has 1 fully saturated rings. The lowest BCUT2D eigenvalue weighted by Gasteiger charge is -2.28. The molecule has 1 aliphatic carbocycles. The SMILES string of the molecule is C#CCCC1CCCC(CCC#C)C1. The predicted molar refractivity (Wildman–Crippen MR) is 61.6 cm³/mol. The van der Waals surface area contributed by atoms with E-state index in [0.717, 1.165) is 24.7 Å². The summed E-state index contributed by atoms with van der Waals surface area (Å²) in [5.41, 5.74) is 0. The van der Waals surface area contributed by atoms with Gasteiger partial charge in [0.25, 0.3) is 0 Å². The van der Waals surface area contributed by atoms with Crippen molar-refractivity contribution >= 4 is 0 Å². The van der Waals surface area contributed by atoms with Crippen molar-refractivity contribution in [3.63, 3.8) is 0 Å². The highest BCUT2D eigenvalue weighted by Gasteiger charge is 2.20. The van der Waals surface area contributed by atoms with Crippen molar-refractivity contribution in [2.24, 2.45) is 11.8 Å². The average Bonchev–Trinajstić information content (AvgIpc) is 2.24. The summed E-state index contributed by atoms with van der Waals surface area (Å²) in [4.78, 5) is 0. The van der Waals surface area contributed by atoms with Gasteiger partial charge in [0.15, 0.2) is 0 Å². The molecule has 0 spiro atoms. The van der Waals surface area contributed by atoms with Gasteiger partial charge in [-0.1, -0.05) is 19.3 Å². The van der Waals surface area contributed by atoms with E-state index in [9.17, 15) is 0 Å². The predicted octanol–water partition coefficient (Wildman–Crippen LogP) is 3.62. The smallest absolute Gasteiger partial charge is 0.00886 e. The van der Waals surface area contributed by atoms with E-state index in [-0.39, 0.29) is 0 Å². The van der Waals surface area contributed by atoms with E-state index in [1.165, 1.54) is 38.5 Å². The molecule has 0 amide bonds. The number of terminal acetylenes is 2. The minimum absolute atomic E-state index is 0.877. The van der Waals surface area contributed by atoms with Crippen molar-refractivity contribution in [3.05, 3.63) is 0 Å². The van der Waals surface area contributed by atoms with E-state index >= 15 is 0 Å². The summed E-state index contributed by atoms with van der Waals surface area (Å²) in [6.07, 6.45) is 20.4. The molecule has 0 aromatic rings.